The van der Waals surface area contributed by atoms with Crippen molar-refractivity contribution in [2.75, 3.05) is 4.72 Å². The van der Waals surface area contributed by atoms with Crippen LogP contribution in [0.5, 0.6) is 0 Å². The predicted molar refractivity (Wildman–Crippen MR) is 70.7 cm³/mol. The lowest BCUT2D eigenvalue weighted by Crippen LogP contribution is -2.37. The molecule has 0 aromatic heterocycles. The molecular formula is C11H13FN2O6S. The number of para-hydroxylation sites is 1. The molecule has 3 N–H and O–H groups in total. The Morgan fingerprint density at radius 1 is 1.33 bits per heavy atom. The van der Waals surface area contributed by atoms with E-state index in [9.17, 15) is 22.4 Å². The van der Waals surface area contributed by atoms with Crippen molar-refractivity contribution in [2.24, 2.45) is 0 Å². The van der Waals surface area contributed by atoms with Gasteiger partial charge in [0.25, 0.3) is 0 Å². The van der Waals surface area contributed by atoms with Gasteiger partial charge in [0.2, 0.25) is 0 Å². The van der Waals surface area contributed by atoms with Crippen LogP contribution in [0.3, 0.4) is 0 Å². The third-order valence-corrected chi connectivity index (χ3v) is 2.95. The van der Waals surface area contributed by atoms with Gasteiger partial charge in [0.1, 0.15) is 11.5 Å². The molecule has 1 aromatic carbocycles. The SMILES string of the molecule is CC(C)OC(=O)NS(=O)(=O)Nc1c(F)cccc1C(=O)O. The van der Waals surface area contributed by atoms with Gasteiger partial charge < -0.3 is 9.84 Å². The maximum absolute atomic E-state index is 13.6. The first-order valence-electron chi connectivity index (χ1n) is 5.65. The van der Waals surface area contributed by atoms with Gasteiger partial charge in [-0.05, 0) is 26.0 Å². The topological polar surface area (TPSA) is 122 Å². The van der Waals surface area contributed by atoms with E-state index in [-0.39, 0.29) is 0 Å². The Bertz CT molecular complexity index is 659. The van der Waals surface area contributed by atoms with Crippen molar-refractivity contribution < 1.29 is 32.2 Å². The van der Waals surface area contributed by atoms with E-state index >= 15 is 0 Å². The Morgan fingerprint density at radius 2 is 1.95 bits per heavy atom. The second-order valence-corrected chi connectivity index (χ2v) is 5.54. The minimum Gasteiger partial charge on any atom is -0.478 e. The van der Waals surface area contributed by atoms with Crippen LogP contribution in [-0.4, -0.2) is 31.7 Å². The molecule has 10 heteroatoms. The van der Waals surface area contributed by atoms with Crippen LogP contribution in [0.15, 0.2) is 18.2 Å². The lowest BCUT2D eigenvalue weighted by molar-refractivity contribution is 0.0697. The number of hydrogen-bond acceptors (Lipinski definition) is 5. The van der Waals surface area contributed by atoms with Gasteiger partial charge in [0, 0.05) is 0 Å². The fraction of sp³-hybridized carbons (Fsp3) is 0.273. The highest BCUT2D eigenvalue weighted by atomic mass is 32.2. The Balaban J connectivity index is 3.00. The van der Waals surface area contributed by atoms with Crippen molar-refractivity contribution in [3.05, 3.63) is 29.6 Å². The molecule has 0 aliphatic carbocycles. The number of ether oxygens (including phenoxy) is 1. The molecule has 0 bridgehead atoms. The minimum absolute atomic E-state index is 0.566. The summed E-state index contributed by atoms with van der Waals surface area (Å²) < 4.78 is 44.5. The first-order chi connectivity index (χ1) is 9.62. The van der Waals surface area contributed by atoms with E-state index in [1.54, 1.807) is 4.72 Å². The zero-order valence-electron chi connectivity index (χ0n) is 11.1. The van der Waals surface area contributed by atoms with E-state index in [2.05, 4.69) is 4.74 Å². The van der Waals surface area contributed by atoms with E-state index < -0.39 is 45.4 Å². The van der Waals surface area contributed by atoms with Crippen LogP contribution in [0.25, 0.3) is 0 Å². The predicted octanol–water partition coefficient (Wildman–Crippen LogP) is 1.32. The number of carboxylic acid groups (broad SMARTS) is 1. The van der Waals surface area contributed by atoms with Crippen LogP contribution in [0, 0.1) is 5.82 Å². The lowest BCUT2D eigenvalue weighted by Gasteiger charge is -2.13. The van der Waals surface area contributed by atoms with Crippen LogP contribution in [0.4, 0.5) is 14.9 Å². The number of anilines is 1. The quantitative estimate of drug-likeness (QED) is 0.752. The summed E-state index contributed by atoms with van der Waals surface area (Å²) in [7, 11) is -4.54. The van der Waals surface area contributed by atoms with Gasteiger partial charge >= 0.3 is 22.3 Å². The number of amides is 1. The summed E-state index contributed by atoms with van der Waals surface area (Å²) in [6.07, 6.45) is -1.84. The number of rotatable bonds is 5. The zero-order chi connectivity index (χ0) is 16.2. The molecule has 0 radical (unpaired) electrons. The van der Waals surface area contributed by atoms with E-state index in [0.29, 0.717) is 0 Å². The highest BCUT2D eigenvalue weighted by Crippen LogP contribution is 2.20. The summed E-state index contributed by atoms with van der Waals surface area (Å²) in [5.74, 6) is -2.63. The molecular weight excluding hydrogens is 307 g/mol. The second-order valence-electron chi connectivity index (χ2n) is 4.13. The van der Waals surface area contributed by atoms with Crippen molar-refractivity contribution in [3.8, 4) is 0 Å². The highest BCUT2D eigenvalue weighted by molar-refractivity contribution is 7.91. The fourth-order valence-corrected chi connectivity index (χ4v) is 2.11. The van der Waals surface area contributed by atoms with Crippen LogP contribution in [0.1, 0.15) is 24.2 Å². The normalized spacial score (nSPS) is 11.0. The molecule has 8 nitrogen and oxygen atoms in total. The van der Waals surface area contributed by atoms with E-state index in [4.69, 9.17) is 5.11 Å². The lowest BCUT2D eigenvalue weighted by atomic mass is 10.2. The number of hydrogen-bond donors (Lipinski definition) is 3. The summed E-state index contributed by atoms with van der Waals surface area (Å²) >= 11 is 0. The molecule has 0 saturated carbocycles. The first kappa shape index (κ1) is 16.7. The number of benzene rings is 1. The minimum atomic E-state index is -4.54. The van der Waals surface area contributed by atoms with Gasteiger partial charge in [0.15, 0.2) is 0 Å². The molecule has 0 spiro atoms. The van der Waals surface area contributed by atoms with Crippen LogP contribution in [-0.2, 0) is 14.9 Å². The van der Waals surface area contributed by atoms with E-state index in [0.717, 1.165) is 18.2 Å². The van der Waals surface area contributed by atoms with Crippen molar-refractivity contribution in [1.82, 2.24) is 4.72 Å². The zero-order valence-corrected chi connectivity index (χ0v) is 11.9. The van der Waals surface area contributed by atoms with Crippen LogP contribution in [0.2, 0.25) is 0 Å². The number of carbonyl (C=O) groups excluding carboxylic acids is 1. The van der Waals surface area contributed by atoms with Gasteiger partial charge in [0.05, 0.1) is 11.7 Å². The summed E-state index contributed by atoms with van der Waals surface area (Å²) in [4.78, 5) is 22.1. The summed E-state index contributed by atoms with van der Waals surface area (Å²) in [5, 5.41) is 8.87. The fourth-order valence-electron chi connectivity index (χ4n) is 1.31. The van der Waals surface area contributed by atoms with Gasteiger partial charge in [-0.25, -0.2) is 18.7 Å². The molecule has 1 amide bonds. The molecule has 0 unspecified atom stereocenters. The first-order valence-corrected chi connectivity index (χ1v) is 7.13. The van der Waals surface area contributed by atoms with Gasteiger partial charge in [-0.3, -0.25) is 4.72 Å². The summed E-state index contributed by atoms with van der Waals surface area (Å²) in [6.45, 7) is 3.00. The summed E-state index contributed by atoms with van der Waals surface area (Å²) in [6, 6.07) is 2.99. The molecule has 1 rings (SSSR count). The van der Waals surface area contributed by atoms with E-state index in [1.165, 1.54) is 18.6 Å². The number of carboxylic acids is 1. The molecule has 0 fully saturated rings. The van der Waals surface area contributed by atoms with Gasteiger partial charge in [-0.1, -0.05) is 6.07 Å². The monoisotopic (exact) mass is 320 g/mol. The molecule has 0 atom stereocenters. The third kappa shape index (κ3) is 4.91. The standard InChI is InChI=1S/C11H13FN2O6S/c1-6(2)20-11(17)14-21(18,19)13-9-7(10(15)16)4-3-5-8(9)12/h3-6,13H,1-2H3,(H,14,17)(H,15,16). The third-order valence-electron chi connectivity index (χ3n) is 2.04. The van der Waals surface area contributed by atoms with Crippen molar-refractivity contribution >= 4 is 28.0 Å². The smallest absolute Gasteiger partial charge is 0.422 e. The molecule has 1 aromatic rings. The van der Waals surface area contributed by atoms with Gasteiger partial charge in [-0.15, -0.1) is 0 Å². The van der Waals surface area contributed by atoms with Crippen molar-refractivity contribution in [2.45, 2.75) is 20.0 Å². The van der Waals surface area contributed by atoms with Gasteiger partial charge in [-0.2, -0.15) is 8.42 Å². The highest BCUT2D eigenvalue weighted by Gasteiger charge is 2.22. The molecule has 21 heavy (non-hydrogen) atoms. The molecule has 0 saturated heterocycles. The Hall–Kier alpha value is -2.36. The maximum Gasteiger partial charge on any atom is 0.422 e. The number of halogens is 1. The molecule has 0 heterocycles. The number of carbonyl (C=O) groups is 2. The Kier molecular flexibility index (Phi) is 5.08. The second kappa shape index (κ2) is 6.39. The average Bonchev–Trinajstić information content (AvgIpc) is 2.28. The summed E-state index contributed by atoms with van der Waals surface area (Å²) in [5.41, 5.74) is -1.38. The average molecular weight is 320 g/mol. The molecule has 0 aliphatic rings. The molecule has 0 aliphatic heterocycles. The molecule has 116 valence electrons. The van der Waals surface area contributed by atoms with Crippen molar-refractivity contribution in [1.29, 1.82) is 0 Å². The van der Waals surface area contributed by atoms with Crippen LogP contribution >= 0.6 is 0 Å². The van der Waals surface area contributed by atoms with Crippen LogP contribution < -0.4 is 9.44 Å². The largest absolute Gasteiger partial charge is 0.478 e. The Morgan fingerprint density at radius 3 is 2.48 bits per heavy atom. The number of aromatic carboxylic acids is 1. The Labute approximate surface area is 120 Å². The number of nitrogens with one attached hydrogen (secondary N) is 2. The van der Waals surface area contributed by atoms with Crippen molar-refractivity contribution in [3.63, 3.8) is 0 Å². The van der Waals surface area contributed by atoms with E-state index in [1.807, 2.05) is 0 Å². The maximum atomic E-state index is 13.6.